The number of anilines is 1. The second-order valence-electron chi connectivity index (χ2n) is 10.4. The lowest BCUT2D eigenvalue weighted by Gasteiger charge is -2.29. The third-order valence-electron chi connectivity index (χ3n) is 7.78. The van der Waals surface area contributed by atoms with Gasteiger partial charge in [0.1, 0.15) is 11.1 Å². The number of carbonyl (C=O) groups is 2. The van der Waals surface area contributed by atoms with Crippen molar-refractivity contribution in [3.8, 4) is 16.5 Å². The van der Waals surface area contributed by atoms with Crippen molar-refractivity contribution in [2.75, 3.05) is 18.4 Å². The molecule has 2 aliphatic rings. The van der Waals surface area contributed by atoms with Crippen LogP contribution in [0.5, 0.6) is 0 Å². The molecular formula is C32H30N4O3S. The van der Waals surface area contributed by atoms with Gasteiger partial charge in [-0.1, -0.05) is 49.4 Å². The van der Waals surface area contributed by atoms with Gasteiger partial charge in [0, 0.05) is 41.0 Å². The van der Waals surface area contributed by atoms with Crippen molar-refractivity contribution < 1.29 is 14.3 Å². The summed E-state index contributed by atoms with van der Waals surface area (Å²) in [5.41, 5.74) is 6.84. The van der Waals surface area contributed by atoms with E-state index in [2.05, 4.69) is 35.3 Å². The fourth-order valence-corrected chi connectivity index (χ4v) is 7.08. The smallest absolute Gasteiger partial charge is 0.339 e. The van der Waals surface area contributed by atoms with Crippen LogP contribution >= 0.6 is 11.3 Å². The number of ether oxygens (including phenoxy) is 1. The Kier molecular flexibility index (Phi) is 7.09. The quantitative estimate of drug-likeness (QED) is 0.301. The summed E-state index contributed by atoms with van der Waals surface area (Å²) in [5.74, 6) is -0.993. The molecule has 6 rings (SSSR count). The van der Waals surface area contributed by atoms with Crippen LogP contribution < -0.4 is 5.32 Å². The first-order valence-corrected chi connectivity index (χ1v) is 14.6. The molecule has 8 heteroatoms. The largest absolute Gasteiger partial charge is 0.449 e. The monoisotopic (exact) mass is 550 g/mol. The number of carbonyl (C=O) groups excluding carboxylic acids is 2. The number of pyridine rings is 1. The van der Waals surface area contributed by atoms with Crippen molar-refractivity contribution in [2.24, 2.45) is 0 Å². The van der Waals surface area contributed by atoms with E-state index < -0.39 is 18.0 Å². The van der Waals surface area contributed by atoms with Crippen molar-refractivity contribution in [3.63, 3.8) is 0 Å². The number of thiophene rings is 1. The van der Waals surface area contributed by atoms with Crippen LogP contribution in [0.1, 0.15) is 58.6 Å². The number of amides is 1. The van der Waals surface area contributed by atoms with Crippen LogP contribution in [0.3, 0.4) is 0 Å². The maximum Gasteiger partial charge on any atom is 0.339 e. The Morgan fingerprint density at radius 3 is 2.75 bits per heavy atom. The van der Waals surface area contributed by atoms with Crippen LogP contribution in [0.15, 0.2) is 48.5 Å². The highest BCUT2D eigenvalue weighted by Crippen LogP contribution is 2.44. The maximum atomic E-state index is 13.7. The molecule has 1 atom stereocenters. The van der Waals surface area contributed by atoms with Crippen molar-refractivity contribution in [1.82, 2.24) is 9.88 Å². The molecule has 0 saturated heterocycles. The molecule has 1 aliphatic heterocycles. The number of aromatic nitrogens is 1. The van der Waals surface area contributed by atoms with E-state index >= 15 is 0 Å². The zero-order valence-electron chi connectivity index (χ0n) is 22.6. The van der Waals surface area contributed by atoms with Crippen LogP contribution in [0.2, 0.25) is 0 Å². The zero-order chi connectivity index (χ0) is 27.8. The number of esters is 1. The fraction of sp³-hybridized carbons (Fsp3) is 0.312. The molecule has 2 aromatic heterocycles. The standard InChI is InChI=1S/C32H30N4O3S/c1-3-15-36-16-14-27-25(18-36)28(23-10-6-7-11-26(23)34-27)32(38)39-19(2)30(37)35-31-24(17-33)22-13-12-20-8-4-5-9-21(20)29(22)40-31/h4-11,19H,3,12-16,18H2,1-2H3,(H,35,37). The van der Waals surface area contributed by atoms with Crippen molar-refractivity contribution in [3.05, 3.63) is 82.0 Å². The lowest BCUT2D eigenvalue weighted by atomic mass is 9.90. The van der Waals surface area contributed by atoms with Gasteiger partial charge in [-0.3, -0.25) is 14.7 Å². The van der Waals surface area contributed by atoms with Gasteiger partial charge in [0.2, 0.25) is 0 Å². The van der Waals surface area contributed by atoms with E-state index in [0.717, 1.165) is 76.9 Å². The summed E-state index contributed by atoms with van der Waals surface area (Å²) in [4.78, 5) is 35.2. The highest BCUT2D eigenvalue weighted by Gasteiger charge is 2.30. The van der Waals surface area contributed by atoms with E-state index in [9.17, 15) is 14.9 Å². The summed E-state index contributed by atoms with van der Waals surface area (Å²) < 4.78 is 5.80. The molecule has 0 spiro atoms. The molecule has 4 aromatic rings. The number of nitrogens with zero attached hydrogens (tertiary/aromatic N) is 3. The summed E-state index contributed by atoms with van der Waals surface area (Å²) in [6.07, 6.45) is 2.34. The summed E-state index contributed by atoms with van der Waals surface area (Å²) in [6.45, 7) is 6.18. The Hall–Kier alpha value is -4.06. The number of benzene rings is 2. The van der Waals surface area contributed by atoms with Crippen molar-refractivity contribution in [2.45, 2.75) is 52.2 Å². The Balaban J connectivity index is 1.26. The number of nitrogens with one attached hydrogen (secondary N) is 1. The zero-order valence-corrected chi connectivity index (χ0v) is 23.4. The number of hydrogen-bond acceptors (Lipinski definition) is 7. The number of nitriles is 1. The molecule has 1 aliphatic carbocycles. The highest BCUT2D eigenvalue weighted by molar-refractivity contribution is 7.20. The molecule has 1 unspecified atom stereocenters. The lowest BCUT2D eigenvalue weighted by molar-refractivity contribution is -0.123. The SMILES string of the molecule is CCCN1CCc2nc3ccccc3c(C(=O)OC(C)C(=O)Nc3sc4c(c3C#N)CCc3ccccc3-4)c2C1. The molecule has 7 nitrogen and oxygen atoms in total. The van der Waals surface area contributed by atoms with E-state index in [1.54, 1.807) is 6.92 Å². The summed E-state index contributed by atoms with van der Waals surface area (Å²) >= 11 is 1.41. The van der Waals surface area contributed by atoms with Gasteiger partial charge in [0.05, 0.1) is 16.6 Å². The van der Waals surface area contributed by atoms with Crippen molar-refractivity contribution >= 4 is 39.1 Å². The van der Waals surface area contributed by atoms with Crippen molar-refractivity contribution in [1.29, 1.82) is 5.26 Å². The van der Waals surface area contributed by atoms with E-state index in [1.807, 2.05) is 36.4 Å². The first kappa shape index (κ1) is 26.2. The van der Waals surface area contributed by atoms with Gasteiger partial charge in [-0.05, 0) is 55.5 Å². The average molecular weight is 551 g/mol. The first-order chi connectivity index (χ1) is 19.5. The number of rotatable bonds is 6. The third kappa shape index (κ3) is 4.66. The average Bonchev–Trinajstić information content (AvgIpc) is 3.33. The van der Waals surface area contributed by atoms with Gasteiger partial charge in [0.25, 0.3) is 5.91 Å². The second kappa shape index (κ2) is 10.8. The highest BCUT2D eigenvalue weighted by atomic mass is 32.1. The molecule has 2 aromatic carbocycles. The van der Waals surface area contributed by atoms with Gasteiger partial charge < -0.3 is 10.1 Å². The third-order valence-corrected chi connectivity index (χ3v) is 8.97. The molecule has 1 N–H and O–H groups in total. The molecule has 202 valence electrons. The number of fused-ring (bicyclic) bond motifs is 5. The summed E-state index contributed by atoms with van der Waals surface area (Å²) in [7, 11) is 0. The second-order valence-corrected chi connectivity index (χ2v) is 11.4. The first-order valence-electron chi connectivity index (χ1n) is 13.8. The normalized spacial score (nSPS) is 14.9. The summed E-state index contributed by atoms with van der Waals surface area (Å²) in [5, 5.41) is 14.1. The Morgan fingerprint density at radius 1 is 1.12 bits per heavy atom. The van der Waals surface area contributed by atoms with Gasteiger partial charge >= 0.3 is 5.97 Å². The van der Waals surface area contributed by atoms with E-state index in [-0.39, 0.29) is 0 Å². The fourth-order valence-electron chi connectivity index (χ4n) is 5.82. The molecule has 0 bridgehead atoms. The number of hydrogen-bond donors (Lipinski definition) is 1. The maximum absolute atomic E-state index is 13.7. The minimum Gasteiger partial charge on any atom is -0.449 e. The Labute approximate surface area is 237 Å². The number of aryl methyl sites for hydroxylation is 1. The van der Waals surface area contributed by atoms with Gasteiger partial charge in [0.15, 0.2) is 6.10 Å². The molecule has 0 fully saturated rings. The summed E-state index contributed by atoms with van der Waals surface area (Å²) in [6, 6.07) is 18.0. The molecule has 3 heterocycles. The van der Waals surface area contributed by atoms with Gasteiger partial charge in [-0.15, -0.1) is 11.3 Å². The van der Waals surface area contributed by atoms with Crippen LogP contribution in [0, 0.1) is 11.3 Å². The molecule has 40 heavy (non-hydrogen) atoms. The minimum absolute atomic E-state index is 0.462. The predicted octanol–water partition coefficient (Wildman–Crippen LogP) is 5.89. The van der Waals surface area contributed by atoms with Crippen LogP contribution in [-0.2, 0) is 35.3 Å². The van der Waals surface area contributed by atoms with Crippen LogP contribution in [0.25, 0.3) is 21.3 Å². The van der Waals surface area contributed by atoms with E-state index in [0.29, 0.717) is 22.7 Å². The van der Waals surface area contributed by atoms with Gasteiger partial charge in [-0.25, -0.2) is 4.79 Å². The number of para-hydroxylation sites is 1. The van der Waals surface area contributed by atoms with Crippen LogP contribution in [-0.4, -0.2) is 41.0 Å². The topological polar surface area (TPSA) is 95.3 Å². The minimum atomic E-state index is -1.05. The van der Waals surface area contributed by atoms with E-state index in [4.69, 9.17) is 9.72 Å². The van der Waals surface area contributed by atoms with E-state index in [1.165, 1.54) is 16.9 Å². The molecule has 0 saturated carbocycles. The Bertz CT molecular complexity index is 1690. The van der Waals surface area contributed by atoms with Crippen LogP contribution in [0.4, 0.5) is 5.00 Å². The molecular weight excluding hydrogens is 520 g/mol. The molecule has 0 radical (unpaired) electrons. The van der Waals surface area contributed by atoms with Gasteiger partial charge in [-0.2, -0.15) is 5.26 Å². The Morgan fingerprint density at radius 2 is 1.93 bits per heavy atom. The lowest BCUT2D eigenvalue weighted by Crippen LogP contribution is -2.34. The molecule has 1 amide bonds. The predicted molar refractivity (Wildman–Crippen MR) is 156 cm³/mol.